The second-order valence-corrected chi connectivity index (χ2v) is 19.2. The van der Waals surface area contributed by atoms with Gasteiger partial charge in [-0.15, -0.1) is 0 Å². The summed E-state index contributed by atoms with van der Waals surface area (Å²) in [4.78, 5) is 152. The average Bonchev–Trinajstić information content (AvgIpc) is 3.70. The van der Waals surface area contributed by atoms with Crippen LogP contribution >= 0.6 is 0 Å². The van der Waals surface area contributed by atoms with E-state index in [9.17, 15) is 63.0 Å². The van der Waals surface area contributed by atoms with Crippen molar-refractivity contribution < 1.29 is 67.3 Å². The molecule has 2 aromatic heterocycles. The lowest BCUT2D eigenvalue weighted by Gasteiger charge is -2.28. The number of ether oxygens (including phenoxy) is 7. The molecule has 2 fully saturated rings. The molecule has 2 aliphatic rings. The number of rotatable bonds is 28. The number of amides is 4. The van der Waals surface area contributed by atoms with Gasteiger partial charge in [-0.1, -0.05) is 0 Å². The lowest BCUT2D eigenvalue weighted by atomic mass is 10.1. The first kappa shape index (κ1) is 59.1. The number of methoxy groups -OCH3 is 3. The second kappa shape index (κ2) is 25.0. The molecule has 0 aliphatic carbocycles. The van der Waals surface area contributed by atoms with E-state index < -0.39 is 165 Å². The van der Waals surface area contributed by atoms with E-state index in [1.54, 1.807) is 20.8 Å². The fraction of sp³-hybridized carbons (Fsp3) is 0.744. The van der Waals surface area contributed by atoms with E-state index >= 15 is 0 Å². The maximum absolute atomic E-state index is 13.8. The van der Waals surface area contributed by atoms with Crippen molar-refractivity contribution in [1.29, 1.82) is 0 Å². The standard InChI is InChI=1S/C43H68N10O20/c1-41(2,3)72-29(56)12-16-45-33(58)44(34(59)46(35(45)60)17-13-30(57)73-43(6,7)23-54)15-11-28(55)71-22-20-49-37(62)47(18-14-42(4,5)66)36(61)48(38(49)63)19-21-70-27-53-32-31(51(25-68-9)40(53)65)50(24-67-8)39(64)52(32)26-69-10/h31-32,54,66H,11-27H2,1-10H3. The highest BCUT2D eigenvalue weighted by Gasteiger charge is 2.59. The number of carbonyl (C=O) groups is 5. The fourth-order valence-electron chi connectivity index (χ4n) is 7.64. The summed E-state index contributed by atoms with van der Waals surface area (Å²) in [6.07, 6.45) is -3.62. The first-order valence-electron chi connectivity index (χ1n) is 23.1. The van der Waals surface area contributed by atoms with Gasteiger partial charge in [-0.05, 0) is 54.9 Å². The monoisotopic (exact) mass is 1040 g/mol. The zero-order valence-corrected chi connectivity index (χ0v) is 42.9. The molecule has 30 nitrogen and oxygen atoms in total. The van der Waals surface area contributed by atoms with Crippen molar-refractivity contribution in [2.24, 2.45) is 0 Å². The third-order valence-electron chi connectivity index (χ3n) is 11.1. The van der Waals surface area contributed by atoms with E-state index in [1.165, 1.54) is 68.6 Å². The molecule has 410 valence electrons. The molecule has 4 heterocycles. The van der Waals surface area contributed by atoms with Crippen molar-refractivity contribution in [3.05, 3.63) is 62.9 Å². The maximum atomic E-state index is 13.8. The van der Waals surface area contributed by atoms with E-state index in [0.29, 0.717) is 27.4 Å². The van der Waals surface area contributed by atoms with Crippen LogP contribution in [0.4, 0.5) is 9.59 Å². The summed E-state index contributed by atoms with van der Waals surface area (Å²) in [6.45, 7) is 4.71. The summed E-state index contributed by atoms with van der Waals surface area (Å²) in [5, 5.41) is 19.9. The summed E-state index contributed by atoms with van der Waals surface area (Å²) >= 11 is 0. The average molecular weight is 1050 g/mol. The molecule has 2 saturated heterocycles. The van der Waals surface area contributed by atoms with Crippen LogP contribution in [-0.2, 0) is 86.8 Å². The Balaban J connectivity index is 1.54. The molecule has 0 bridgehead atoms. The molecule has 73 heavy (non-hydrogen) atoms. The third-order valence-corrected chi connectivity index (χ3v) is 11.1. The van der Waals surface area contributed by atoms with Gasteiger partial charge >= 0.3 is 64.1 Å². The normalized spacial score (nSPS) is 16.2. The van der Waals surface area contributed by atoms with Crippen LogP contribution in [-0.4, -0.2) is 184 Å². The number of nitrogens with zero attached hydrogens (tertiary/aromatic N) is 10. The zero-order chi connectivity index (χ0) is 54.7. The summed E-state index contributed by atoms with van der Waals surface area (Å²) < 4.78 is 40.8. The van der Waals surface area contributed by atoms with Gasteiger partial charge in [0.05, 0.1) is 51.2 Å². The number of carbonyl (C=O) groups excluding carboxylic acids is 5. The predicted octanol–water partition coefficient (Wildman–Crippen LogP) is -3.20. The first-order valence-corrected chi connectivity index (χ1v) is 23.1. The fourth-order valence-corrected chi connectivity index (χ4v) is 7.64. The van der Waals surface area contributed by atoms with Crippen LogP contribution in [0.15, 0.2) is 28.8 Å². The van der Waals surface area contributed by atoms with Crippen LogP contribution in [0.3, 0.4) is 0 Å². The van der Waals surface area contributed by atoms with Gasteiger partial charge in [-0.25, -0.2) is 65.8 Å². The Bertz CT molecular complexity index is 2680. The molecule has 2 unspecified atom stereocenters. The number of urea groups is 2. The van der Waals surface area contributed by atoms with Crippen molar-refractivity contribution in [2.45, 2.75) is 143 Å². The van der Waals surface area contributed by atoms with Crippen molar-refractivity contribution in [2.75, 3.05) is 68.1 Å². The molecule has 4 amide bonds. The molecule has 2 aromatic rings. The van der Waals surface area contributed by atoms with Gasteiger partial charge in [0, 0.05) is 47.5 Å². The molecule has 0 saturated carbocycles. The van der Waals surface area contributed by atoms with Crippen molar-refractivity contribution in [3.63, 3.8) is 0 Å². The molecule has 2 atom stereocenters. The van der Waals surface area contributed by atoms with Crippen LogP contribution in [0.5, 0.6) is 0 Å². The lowest BCUT2D eigenvalue weighted by molar-refractivity contribution is -0.160. The Hall–Kier alpha value is -6.47. The smallest absolute Gasteiger partial charge is 0.336 e. The first-order chi connectivity index (χ1) is 34.1. The van der Waals surface area contributed by atoms with Gasteiger partial charge in [-0.2, -0.15) is 0 Å². The number of aromatic nitrogens is 6. The highest BCUT2D eigenvalue weighted by atomic mass is 16.6. The minimum atomic E-state index is -1.36. The van der Waals surface area contributed by atoms with E-state index in [-0.39, 0.29) is 39.8 Å². The summed E-state index contributed by atoms with van der Waals surface area (Å²) in [7, 11) is 4.11. The molecular weight excluding hydrogens is 977 g/mol. The number of esters is 3. The molecule has 30 heteroatoms. The Labute approximate surface area is 417 Å². The van der Waals surface area contributed by atoms with E-state index in [0.717, 1.165) is 0 Å². The molecule has 0 radical (unpaired) electrons. The summed E-state index contributed by atoms with van der Waals surface area (Å²) in [5.41, 5.74) is -10.4. The zero-order valence-electron chi connectivity index (χ0n) is 42.9. The van der Waals surface area contributed by atoms with Gasteiger partial charge in [0.15, 0.2) is 12.3 Å². The van der Waals surface area contributed by atoms with Crippen molar-refractivity contribution in [1.82, 2.24) is 47.0 Å². The number of hydrogen-bond donors (Lipinski definition) is 2. The minimum absolute atomic E-state index is 0.110. The second-order valence-electron chi connectivity index (χ2n) is 19.2. The largest absolute Gasteiger partial charge is 0.464 e. The number of aliphatic hydroxyl groups is 2. The van der Waals surface area contributed by atoms with Gasteiger partial charge in [-0.3, -0.25) is 34.0 Å². The van der Waals surface area contributed by atoms with Crippen LogP contribution < -0.4 is 34.1 Å². The summed E-state index contributed by atoms with van der Waals surface area (Å²) in [5.74, 6) is -2.71. The predicted molar refractivity (Wildman–Crippen MR) is 249 cm³/mol. The Morgan fingerprint density at radius 2 is 0.822 bits per heavy atom. The Morgan fingerprint density at radius 1 is 0.479 bits per heavy atom. The van der Waals surface area contributed by atoms with Gasteiger partial charge in [0.25, 0.3) is 0 Å². The van der Waals surface area contributed by atoms with Crippen LogP contribution in [0.2, 0.25) is 0 Å². The molecule has 2 aliphatic heterocycles. The third kappa shape index (κ3) is 14.8. The van der Waals surface area contributed by atoms with E-state index in [1.807, 2.05) is 0 Å². The molecule has 4 rings (SSSR count). The molecule has 0 aromatic carbocycles. The Kier molecular flexibility index (Phi) is 20.2. The van der Waals surface area contributed by atoms with Crippen LogP contribution in [0.25, 0.3) is 0 Å². The topological polar surface area (TPSA) is 335 Å². The molecule has 2 N–H and O–H groups in total. The van der Waals surface area contributed by atoms with Crippen molar-refractivity contribution >= 4 is 30.0 Å². The lowest BCUT2D eigenvalue weighted by Crippen LogP contribution is -2.55. The van der Waals surface area contributed by atoms with Gasteiger partial charge in [0.2, 0.25) is 0 Å². The van der Waals surface area contributed by atoms with Crippen molar-refractivity contribution in [3.8, 4) is 0 Å². The number of hydrogen-bond acceptors (Lipinski definition) is 20. The van der Waals surface area contributed by atoms with Crippen LogP contribution in [0.1, 0.15) is 74.1 Å². The maximum Gasteiger partial charge on any atom is 0.336 e. The number of fused-ring (bicyclic) bond motifs is 1. The van der Waals surface area contributed by atoms with E-state index in [4.69, 9.17) is 33.2 Å². The Morgan fingerprint density at radius 3 is 1.19 bits per heavy atom. The highest BCUT2D eigenvalue weighted by molar-refractivity contribution is 5.85. The quantitative estimate of drug-likeness (QED) is 0.0481. The van der Waals surface area contributed by atoms with Gasteiger partial charge < -0.3 is 43.4 Å². The molecule has 0 spiro atoms. The SMILES string of the molecule is COCN1C(=O)N(COC)C2C1N(COC)C(=O)N2COCCn1c(=O)n(CCOC(=O)CCn2c(=O)n(CCC(=O)OC(C)(C)C)c(=O)n(CCC(=O)OC(C)(C)CO)c2=O)c(=O)n(CCC(C)(C)O)c1=O. The van der Waals surface area contributed by atoms with Crippen LogP contribution in [0, 0.1) is 0 Å². The van der Waals surface area contributed by atoms with E-state index in [2.05, 4.69) is 0 Å². The van der Waals surface area contributed by atoms with Gasteiger partial charge in [0.1, 0.15) is 44.7 Å². The summed E-state index contributed by atoms with van der Waals surface area (Å²) in [6, 6.07) is -1.08. The highest BCUT2D eigenvalue weighted by Crippen LogP contribution is 2.35. The molecular formula is C43H68N10O20. The minimum Gasteiger partial charge on any atom is -0.464 e. The number of aliphatic hydroxyl groups excluding tert-OH is 1.